The van der Waals surface area contributed by atoms with E-state index in [0.29, 0.717) is 12.6 Å². The number of guanidine groups is 1. The molecule has 1 fully saturated rings. The second-order valence-corrected chi connectivity index (χ2v) is 6.31. The summed E-state index contributed by atoms with van der Waals surface area (Å²) >= 11 is 0. The molecule has 1 aliphatic rings. The third-order valence-corrected chi connectivity index (χ3v) is 4.55. The van der Waals surface area contributed by atoms with Crippen LogP contribution in [0.2, 0.25) is 0 Å². The Kier molecular flexibility index (Phi) is 8.15. The lowest BCUT2D eigenvalue weighted by Gasteiger charge is -2.20. The minimum Gasteiger partial charge on any atom is -0.494 e. The van der Waals surface area contributed by atoms with Crippen LogP contribution >= 0.6 is 24.0 Å². The summed E-state index contributed by atoms with van der Waals surface area (Å²) in [4.78, 5) is 6.64. The molecule has 1 saturated heterocycles. The number of nitrogens with zero attached hydrogens (tertiary/aromatic N) is 2. The lowest BCUT2D eigenvalue weighted by atomic mass is 10.2. The molecular weight excluding hydrogens is 458 g/mol. The molecule has 0 aromatic heterocycles. The highest BCUT2D eigenvalue weighted by Crippen LogP contribution is 2.20. The lowest BCUT2D eigenvalue weighted by molar-refractivity contribution is 0.386. The maximum absolute atomic E-state index is 13.8. The summed E-state index contributed by atoms with van der Waals surface area (Å²) in [5.74, 6) is 0.619. The predicted molar refractivity (Wildman–Crippen MR) is 119 cm³/mol. The zero-order valence-electron chi connectivity index (χ0n) is 15.6. The summed E-state index contributed by atoms with van der Waals surface area (Å²) in [6.07, 6.45) is 1.05. The van der Waals surface area contributed by atoms with Crippen molar-refractivity contribution >= 4 is 35.6 Å². The Bertz CT molecular complexity index is 757. The number of para-hydroxylation sites is 1. The number of methoxy groups -OCH3 is 1. The summed E-state index contributed by atoms with van der Waals surface area (Å²) in [6.45, 7) is 2.44. The highest BCUT2D eigenvalue weighted by molar-refractivity contribution is 14.0. The molecule has 2 aromatic carbocycles. The molecule has 27 heavy (non-hydrogen) atoms. The Hall–Kier alpha value is -2.03. The molecule has 146 valence electrons. The van der Waals surface area contributed by atoms with Crippen LogP contribution in [0.4, 0.5) is 10.1 Å². The van der Waals surface area contributed by atoms with Crippen molar-refractivity contribution in [3.63, 3.8) is 0 Å². The monoisotopic (exact) mass is 484 g/mol. The van der Waals surface area contributed by atoms with E-state index in [1.807, 2.05) is 12.1 Å². The van der Waals surface area contributed by atoms with Gasteiger partial charge < -0.3 is 20.3 Å². The molecule has 0 radical (unpaired) electrons. The van der Waals surface area contributed by atoms with Crippen LogP contribution in [0.5, 0.6) is 5.75 Å². The molecule has 0 bridgehead atoms. The third kappa shape index (κ3) is 5.72. The Morgan fingerprint density at radius 2 is 2.04 bits per heavy atom. The molecule has 7 heteroatoms. The van der Waals surface area contributed by atoms with Crippen molar-refractivity contribution in [2.45, 2.75) is 19.0 Å². The van der Waals surface area contributed by atoms with Crippen LogP contribution < -0.4 is 20.3 Å². The first-order valence-electron chi connectivity index (χ1n) is 8.79. The van der Waals surface area contributed by atoms with Crippen LogP contribution in [0.15, 0.2) is 53.5 Å². The van der Waals surface area contributed by atoms with Gasteiger partial charge in [0.25, 0.3) is 0 Å². The molecule has 1 atom stereocenters. The Morgan fingerprint density at radius 1 is 1.26 bits per heavy atom. The van der Waals surface area contributed by atoms with E-state index < -0.39 is 0 Å². The van der Waals surface area contributed by atoms with Gasteiger partial charge >= 0.3 is 0 Å². The van der Waals surface area contributed by atoms with Gasteiger partial charge in [0.15, 0.2) is 17.5 Å². The number of anilines is 1. The van der Waals surface area contributed by atoms with Gasteiger partial charge in [-0.1, -0.05) is 24.3 Å². The number of nitrogens with one attached hydrogen (secondary N) is 2. The highest BCUT2D eigenvalue weighted by atomic mass is 127. The molecule has 5 nitrogen and oxygen atoms in total. The standard InChI is InChI=1S/C20H25FN4O.HI/c1-22-20(23-13-15-8-9-19(26-2)18(21)12-15)24-16-10-11-25(14-16)17-6-4-3-5-7-17;/h3-9,12,16H,10-11,13-14H2,1-2H3,(H2,22,23,24);1H. The smallest absolute Gasteiger partial charge is 0.191 e. The van der Waals surface area contributed by atoms with Crippen LogP contribution in [0.25, 0.3) is 0 Å². The number of aliphatic imine (C=N–C) groups is 1. The second kappa shape index (κ2) is 10.3. The fourth-order valence-electron chi connectivity index (χ4n) is 3.15. The quantitative estimate of drug-likeness (QED) is 0.388. The molecule has 2 aromatic rings. The number of ether oxygens (including phenoxy) is 1. The first kappa shape index (κ1) is 21.3. The van der Waals surface area contributed by atoms with Gasteiger partial charge in [-0.2, -0.15) is 0 Å². The molecule has 0 saturated carbocycles. The molecule has 0 spiro atoms. The van der Waals surface area contributed by atoms with Crippen molar-refractivity contribution in [2.24, 2.45) is 4.99 Å². The van der Waals surface area contributed by atoms with Gasteiger partial charge in [-0.25, -0.2) is 4.39 Å². The fraction of sp³-hybridized carbons (Fsp3) is 0.350. The van der Waals surface area contributed by atoms with E-state index in [9.17, 15) is 4.39 Å². The molecule has 2 N–H and O–H groups in total. The molecule has 0 aliphatic carbocycles. The van der Waals surface area contributed by atoms with E-state index >= 15 is 0 Å². The molecular formula is C20H26FIN4O. The van der Waals surface area contributed by atoms with Crippen LogP contribution in [0, 0.1) is 5.82 Å². The lowest BCUT2D eigenvalue weighted by Crippen LogP contribution is -2.44. The molecule has 0 amide bonds. The maximum Gasteiger partial charge on any atom is 0.191 e. The first-order chi connectivity index (χ1) is 12.7. The third-order valence-electron chi connectivity index (χ3n) is 4.55. The largest absolute Gasteiger partial charge is 0.494 e. The van der Waals surface area contributed by atoms with Crippen LogP contribution in [-0.2, 0) is 6.54 Å². The van der Waals surface area contributed by atoms with E-state index in [2.05, 4.69) is 44.8 Å². The second-order valence-electron chi connectivity index (χ2n) is 6.31. The van der Waals surface area contributed by atoms with Gasteiger partial charge in [-0.15, -0.1) is 24.0 Å². The summed E-state index contributed by atoms with van der Waals surface area (Å²) < 4.78 is 18.7. The molecule has 1 heterocycles. The number of rotatable bonds is 5. The van der Waals surface area contributed by atoms with Gasteiger partial charge in [0, 0.05) is 38.4 Å². The van der Waals surface area contributed by atoms with Gasteiger partial charge in [0.2, 0.25) is 0 Å². The van der Waals surface area contributed by atoms with Crippen molar-refractivity contribution in [3.05, 3.63) is 59.9 Å². The van der Waals surface area contributed by atoms with Gasteiger partial charge in [-0.05, 0) is 36.2 Å². The number of hydrogen-bond acceptors (Lipinski definition) is 3. The summed E-state index contributed by atoms with van der Waals surface area (Å²) in [7, 11) is 3.20. The first-order valence-corrected chi connectivity index (χ1v) is 8.79. The highest BCUT2D eigenvalue weighted by Gasteiger charge is 2.23. The summed E-state index contributed by atoms with van der Waals surface area (Å²) in [5, 5.41) is 6.70. The number of halogens is 2. The number of hydrogen-bond donors (Lipinski definition) is 2. The van der Waals surface area contributed by atoms with Gasteiger partial charge in [0.1, 0.15) is 0 Å². The van der Waals surface area contributed by atoms with E-state index in [1.54, 1.807) is 13.1 Å². The van der Waals surface area contributed by atoms with E-state index in [4.69, 9.17) is 4.74 Å². The zero-order valence-corrected chi connectivity index (χ0v) is 17.9. The molecule has 1 aliphatic heterocycles. The Labute approximate surface area is 177 Å². The number of benzene rings is 2. The average molecular weight is 484 g/mol. The van der Waals surface area contributed by atoms with E-state index in [-0.39, 0.29) is 35.5 Å². The van der Waals surface area contributed by atoms with Gasteiger partial charge in [0.05, 0.1) is 7.11 Å². The van der Waals surface area contributed by atoms with Crippen LogP contribution in [-0.4, -0.2) is 39.2 Å². The predicted octanol–water partition coefficient (Wildman–Crippen LogP) is 3.40. The fourth-order valence-corrected chi connectivity index (χ4v) is 3.15. The van der Waals surface area contributed by atoms with Crippen molar-refractivity contribution in [2.75, 3.05) is 32.1 Å². The summed E-state index contributed by atoms with van der Waals surface area (Å²) in [6, 6.07) is 15.7. The van der Waals surface area contributed by atoms with Crippen molar-refractivity contribution < 1.29 is 9.13 Å². The minimum absolute atomic E-state index is 0. The Balaban J connectivity index is 0.00000261. The molecule has 3 rings (SSSR count). The minimum atomic E-state index is -0.357. The van der Waals surface area contributed by atoms with Crippen molar-refractivity contribution in [1.29, 1.82) is 0 Å². The zero-order chi connectivity index (χ0) is 18.4. The Morgan fingerprint density at radius 3 is 2.70 bits per heavy atom. The topological polar surface area (TPSA) is 48.9 Å². The van der Waals surface area contributed by atoms with Crippen LogP contribution in [0.3, 0.4) is 0 Å². The average Bonchev–Trinajstić information content (AvgIpc) is 3.14. The van der Waals surface area contributed by atoms with Crippen molar-refractivity contribution in [3.8, 4) is 5.75 Å². The molecule has 1 unspecified atom stereocenters. The normalized spacial score (nSPS) is 16.6. The van der Waals surface area contributed by atoms with E-state index in [0.717, 1.165) is 31.0 Å². The van der Waals surface area contributed by atoms with Crippen molar-refractivity contribution in [1.82, 2.24) is 10.6 Å². The maximum atomic E-state index is 13.8. The van der Waals surface area contributed by atoms with Crippen LogP contribution in [0.1, 0.15) is 12.0 Å². The SMILES string of the molecule is CN=C(NCc1ccc(OC)c(F)c1)NC1CCN(c2ccccc2)C1.I. The van der Waals surface area contributed by atoms with Gasteiger partial charge in [-0.3, -0.25) is 4.99 Å². The van der Waals surface area contributed by atoms with E-state index in [1.165, 1.54) is 18.9 Å². The summed E-state index contributed by atoms with van der Waals surface area (Å²) in [5.41, 5.74) is 2.08.